The van der Waals surface area contributed by atoms with E-state index in [1.807, 2.05) is 0 Å². The molecule has 1 heterocycles. The number of non-ortho nitro benzene ring substituents is 1. The number of nitro groups is 1. The van der Waals surface area contributed by atoms with Gasteiger partial charge in [0.05, 0.1) is 16.9 Å². The van der Waals surface area contributed by atoms with Crippen molar-refractivity contribution in [2.24, 2.45) is 12.1 Å². The number of nitro benzene ring substituents is 1. The van der Waals surface area contributed by atoms with E-state index in [1.165, 1.54) is 24.4 Å². The maximum absolute atomic E-state index is 12.0. The largest absolute Gasteiger partial charge is 0.507 e. The van der Waals surface area contributed by atoms with Gasteiger partial charge in [-0.2, -0.15) is 5.10 Å². The van der Waals surface area contributed by atoms with E-state index in [1.54, 1.807) is 35.9 Å². The van der Waals surface area contributed by atoms with E-state index in [-0.39, 0.29) is 23.1 Å². The van der Waals surface area contributed by atoms with Gasteiger partial charge in [-0.1, -0.05) is 39.8 Å². The minimum absolute atomic E-state index is 0.0305. The number of phenols is 1. The lowest BCUT2D eigenvalue weighted by atomic mass is 10.2. The first kappa shape index (κ1) is 21.5. The van der Waals surface area contributed by atoms with Crippen LogP contribution in [0.15, 0.2) is 57.2 Å². The third-order valence-corrected chi connectivity index (χ3v) is 5.38. The summed E-state index contributed by atoms with van der Waals surface area (Å²) >= 11 is 4.44. The number of phenolic OH excluding ortho intramolecular Hbond substituents is 1. The highest BCUT2D eigenvalue weighted by Gasteiger charge is 2.15. The Hall–Kier alpha value is -3.25. The van der Waals surface area contributed by atoms with E-state index >= 15 is 0 Å². The van der Waals surface area contributed by atoms with Crippen molar-refractivity contribution < 1.29 is 14.8 Å². The van der Waals surface area contributed by atoms with Crippen molar-refractivity contribution in [3.8, 4) is 17.1 Å². The number of benzene rings is 2. The van der Waals surface area contributed by atoms with Gasteiger partial charge in [-0.25, -0.2) is 5.43 Å². The summed E-state index contributed by atoms with van der Waals surface area (Å²) in [6, 6.07) is 10.9. The molecule has 154 valence electrons. The SMILES string of the molecule is Cn1c(SCC(=O)N/N=C/c2cc(Br)ccc2O)nnc1-c1cccc([N+](=O)[O-])c1. The number of thioether (sulfide) groups is 1. The average Bonchev–Trinajstić information content (AvgIpc) is 3.09. The number of amides is 1. The molecule has 0 bridgehead atoms. The van der Waals surface area contributed by atoms with Crippen LogP contribution in [-0.2, 0) is 11.8 Å². The zero-order valence-corrected chi connectivity index (χ0v) is 17.9. The van der Waals surface area contributed by atoms with Gasteiger partial charge in [0.2, 0.25) is 0 Å². The second-order valence-corrected chi connectivity index (χ2v) is 7.82. The van der Waals surface area contributed by atoms with Crippen LogP contribution in [0, 0.1) is 10.1 Å². The first-order valence-electron chi connectivity index (χ1n) is 8.42. The number of hydrogen-bond donors (Lipinski definition) is 2. The van der Waals surface area contributed by atoms with Crippen LogP contribution in [0.25, 0.3) is 11.4 Å². The van der Waals surface area contributed by atoms with Gasteiger partial charge in [0.1, 0.15) is 5.75 Å². The van der Waals surface area contributed by atoms with Crippen LogP contribution < -0.4 is 5.43 Å². The van der Waals surface area contributed by atoms with Crippen molar-refractivity contribution in [3.63, 3.8) is 0 Å². The summed E-state index contributed by atoms with van der Waals surface area (Å²) < 4.78 is 2.42. The van der Waals surface area contributed by atoms with Gasteiger partial charge in [-0.3, -0.25) is 14.9 Å². The van der Waals surface area contributed by atoms with E-state index in [9.17, 15) is 20.0 Å². The monoisotopic (exact) mass is 490 g/mol. The van der Waals surface area contributed by atoms with Crippen LogP contribution in [0.3, 0.4) is 0 Å². The molecule has 3 aromatic rings. The van der Waals surface area contributed by atoms with E-state index in [0.717, 1.165) is 16.2 Å². The van der Waals surface area contributed by atoms with E-state index in [4.69, 9.17) is 0 Å². The molecular weight excluding hydrogens is 476 g/mol. The summed E-state index contributed by atoms with van der Waals surface area (Å²) in [5, 5.41) is 33.1. The third-order valence-electron chi connectivity index (χ3n) is 3.86. The van der Waals surface area contributed by atoms with E-state index in [2.05, 4.69) is 36.7 Å². The highest BCUT2D eigenvalue weighted by molar-refractivity contribution is 9.10. The Bertz CT molecular complexity index is 1130. The molecule has 1 aromatic heterocycles. The average molecular weight is 491 g/mol. The van der Waals surface area contributed by atoms with Crippen molar-refractivity contribution >= 4 is 45.5 Å². The summed E-state index contributed by atoms with van der Waals surface area (Å²) in [4.78, 5) is 22.5. The molecule has 0 spiro atoms. The molecule has 2 aromatic carbocycles. The molecule has 3 rings (SSSR count). The summed E-state index contributed by atoms with van der Waals surface area (Å²) in [5.41, 5.74) is 3.33. The summed E-state index contributed by atoms with van der Waals surface area (Å²) in [7, 11) is 1.71. The smallest absolute Gasteiger partial charge is 0.270 e. The predicted octanol–water partition coefficient (Wildman–Crippen LogP) is 3.10. The summed E-state index contributed by atoms with van der Waals surface area (Å²) in [6.07, 6.45) is 1.34. The number of nitrogens with one attached hydrogen (secondary N) is 1. The molecule has 1 amide bonds. The molecular formula is C18H15BrN6O4S. The molecule has 0 saturated heterocycles. The molecule has 30 heavy (non-hydrogen) atoms. The fraction of sp³-hybridized carbons (Fsp3) is 0.111. The second-order valence-electron chi connectivity index (χ2n) is 5.96. The number of carbonyl (C=O) groups is 1. The number of aromatic hydroxyl groups is 1. The Labute approximate surface area is 183 Å². The molecule has 0 atom stereocenters. The Balaban J connectivity index is 1.60. The molecule has 0 fully saturated rings. The lowest BCUT2D eigenvalue weighted by Crippen LogP contribution is -2.19. The minimum Gasteiger partial charge on any atom is -0.507 e. The summed E-state index contributed by atoms with van der Waals surface area (Å²) in [5.74, 6) is 0.150. The fourth-order valence-corrected chi connectivity index (χ4v) is 3.50. The molecule has 12 heteroatoms. The minimum atomic E-state index is -0.478. The van der Waals surface area contributed by atoms with Gasteiger partial charge >= 0.3 is 0 Å². The predicted molar refractivity (Wildman–Crippen MR) is 115 cm³/mol. The van der Waals surface area contributed by atoms with Crippen molar-refractivity contribution in [3.05, 3.63) is 62.6 Å². The van der Waals surface area contributed by atoms with Crippen LogP contribution in [0.5, 0.6) is 5.75 Å². The van der Waals surface area contributed by atoms with Crippen molar-refractivity contribution in [1.82, 2.24) is 20.2 Å². The maximum Gasteiger partial charge on any atom is 0.270 e. The Kier molecular flexibility index (Phi) is 6.79. The van der Waals surface area contributed by atoms with Crippen LogP contribution >= 0.6 is 27.7 Å². The number of halogens is 1. The highest BCUT2D eigenvalue weighted by atomic mass is 79.9. The van der Waals surface area contributed by atoms with Crippen LogP contribution in [-0.4, -0.2) is 42.7 Å². The number of carbonyl (C=O) groups excluding carboxylic acids is 1. The quantitative estimate of drug-likeness (QED) is 0.224. The Morgan fingerprint density at radius 1 is 1.37 bits per heavy atom. The Morgan fingerprint density at radius 2 is 2.17 bits per heavy atom. The third kappa shape index (κ3) is 5.21. The van der Waals surface area contributed by atoms with Gasteiger partial charge in [-0.05, 0) is 18.2 Å². The second kappa shape index (κ2) is 9.50. The van der Waals surface area contributed by atoms with Crippen molar-refractivity contribution in [1.29, 1.82) is 0 Å². The van der Waals surface area contributed by atoms with Crippen LogP contribution in [0.2, 0.25) is 0 Å². The lowest BCUT2D eigenvalue weighted by Gasteiger charge is -2.04. The number of aromatic nitrogens is 3. The molecule has 0 radical (unpaired) electrons. The first-order chi connectivity index (χ1) is 14.3. The van der Waals surface area contributed by atoms with Gasteiger partial charge in [-0.15, -0.1) is 10.2 Å². The van der Waals surface area contributed by atoms with E-state index in [0.29, 0.717) is 22.1 Å². The molecule has 0 aliphatic rings. The molecule has 0 unspecified atom stereocenters. The molecule has 10 nitrogen and oxygen atoms in total. The molecule has 2 N–H and O–H groups in total. The highest BCUT2D eigenvalue weighted by Crippen LogP contribution is 2.25. The van der Waals surface area contributed by atoms with Crippen molar-refractivity contribution in [2.45, 2.75) is 5.16 Å². The number of hydrazone groups is 1. The molecule has 0 aliphatic heterocycles. The van der Waals surface area contributed by atoms with Crippen molar-refractivity contribution in [2.75, 3.05) is 5.75 Å². The zero-order chi connectivity index (χ0) is 21.7. The topological polar surface area (TPSA) is 136 Å². The van der Waals surface area contributed by atoms with E-state index < -0.39 is 4.92 Å². The van der Waals surface area contributed by atoms with Gasteiger partial charge in [0, 0.05) is 34.8 Å². The normalized spacial score (nSPS) is 11.0. The molecule has 0 aliphatic carbocycles. The Morgan fingerprint density at radius 3 is 2.93 bits per heavy atom. The zero-order valence-electron chi connectivity index (χ0n) is 15.5. The standard InChI is InChI=1S/C18H15BrN6O4S/c1-24-17(11-3-2-4-14(8-11)25(28)29)22-23-18(24)30-10-16(27)21-20-9-12-7-13(19)5-6-15(12)26/h2-9,26H,10H2,1H3,(H,21,27)/b20-9+. The maximum atomic E-state index is 12.0. The lowest BCUT2D eigenvalue weighted by molar-refractivity contribution is -0.384. The van der Waals surface area contributed by atoms with Gasteiger partial charge in [0.15, 0.2) is 11.0 Å². The molecule has 0 saturated carbocycles. The number of nitrogens with zero attached hydrogens (tertiary/aromatic N) is 5. The van der Waals surface area contributed by atoms with Gasteiger partial charge < -0.3 is 9.67 Å². The number of rotatable bonds is 7. The number of hydrogen-bond acceptors (Lipinski definition) is 8. The first-order valence-corrected chi connectivity index (χ1v) is 10.2. The van der Waals surface area contributed by atoms with Crippen LogP contribution in [0.1, 0.15) is 5.56 Å². The van der Waals surface area contributed by atoms with Crippen LogP contribution in [0.4, 0.5) is 5.69 Å². The fourth-order valence-electron chi connectivity index (χ4n) is 2.42. The summed E-state index contributed by atoms with van der Waals surface area (Å²) in [6.45, 7) is 0. The van der Waals surface area contributed by atoms with Gasteiger partial charge in [0.25, 0.3) is 11.6 Å².